The third-order valence-electron chi connectivity index (χ3n) is 8.63. The van der Waals surface area contributed by atoms with E-state index in [1.54, 1.807) is 52.2 Å². The molecule has 51 heavy (non-hydrogen) atoms. The minimum absolute atomic E-state index is 0.0502. The third-order valence-corrected chi connectivity index (χ3v) is 9.36. The Labute approximate surface area is 308 Å². The van der Waals surface area contributed by atoms with Crippen LogP contribution in [0.15, 0.2) is 49.2 Å². The molecule has 0 aliphatic carbocycles. The summed E-state index contributed by atoms with van der Waals surface area (Å²) in [5.74, 6) is 0.269. The molecule has 3 aromatic rings. The number of amides is 4. The van der Waals surface area contributed by atoms with Crippen molar-refractivity contribution in [3.05, 3.63) is 64.8 Å². The average Bonchev–Trinajstić information content (AvgIpc) is 3.10. The highest BCUT2D eigenvalue weighted by atomic mass is 35.5. The fraction of sp³-hybridized carbons (Fsp3) is 0.389. The van der Waals surface area contributed by atoms with E-state index in [0.717, 1.165) is 44.5 Å². The molecule has 1 N–H and O–H groups in total. The second-order valence-corrected chi connectivity index (χ2v) is 13.7. The molecule has 0 atom stereocenters. The number of benzene rings is 2. The van der Waals surface area contributed by atoms with Gasteiger partial charge in [-0.15, -0.1) is 0 Å². The zero-order valence-corrected chi connectivity index (χ0v) is 31.4. The summed E-state index contributed by atoms with van der Waals surface area (Å²) in [6.07, 6.45) is 2.00. The van der Waals surface area contributed by atoms with E-state index in [4.69, 9.17) is 37.4 Å². The van der Waals surface area contributed by atoms with Crippen molar-refractivity contribution in [2.75, 3.05) is 78.9 Å². The van der Waals surface area contributed by atoms with Crippen molar-refractivity contribution < 1.29 is 28.6 Å². The molecule has 0 radical (unpaired) electrons. The van der Waals surface area contributed by atoms with Gasteiger partial charge in [0.2, 0.25) is 5.91 Å². The first-order valence-electron chi connectivity index (χ1n) is 16.4. The molecule has 0 spiro atoms. The number of rotatable bonds is 9. The standard InChI is InChI=1S/C36H43Cl2N7O6/c1-9-30(46)40-24-17-23(43-15-13-42(10-2)14-16-43)11-12-25(24)45(35(48)51-36(3,4)5)29-18-26-22(20-39-29)21-44(34(47)41(26)6)33-31(37)27(49-7)19-28(50-8)32(33)38/h9,11-12,17-20H,1,10,13-16,21H2,2-8H3,(H,40,46). The smallest absolute Gasteiger partial charge is 0.420 e. The van der Waals surface area contributed by atoms with Gasteiger partial charge in [-0.25, -0.2) is 19.5 Å². The molecule has 0 unspecified atom stereocenters. The van der Waals surface area contributed by atoms with Crippen LogP contribution in [-0.4, -0.2) is 87.5 Å². The summed E-state index contributed by atoms with van der Waals surface area (Å²) in [7, 11) is 4.50. The van der Waals surface area contributed by atoms with Crippen LogP contribution in [0, 0.1) is 0 Å². The van der Waals surface area contributed by atoms with E-state index >= 15 is 0 Å². The molecule has 2 aliphatic rings. The van der Waals surface area contributed by atoms with E-state index in [1.165, 1.54) is 28.9 Å². The van der Waals surface area contributed by atoms with Crippen molar-refractivity contribution in [2.45, 2.75) is 39.8 Å². The normalized spacial score (nSPS) is 14.9. The molecule has 0 bridgehead atoms. The average molecular weight is 741 g/mol. The summed E-state index contributed by atoms with van der Waals surface area (Å²) < 4.78 is 16.7. The summed E-state index contributed by atoms with van der Waals surface area (Å²) in [5.41, 5.74) is 2.03. The number of carbonyl (C=O) groups is 3. The number of methoxy groups -OCH3 is 2. The maximum atomic E-state index is 14.0. The SMILES string of the molecule is C=CC(=O)Nc1cc(N2CCN(CC)CC2)ccc1N(C(=O)OC(C)(C)C)c1cc2c(cn1)CN(c1c(Cl)c(OC)cc(OC)c1Cl)C(=O)N2C. The second kappa shape index (κ2) is 15.3. The number of likely N-dealkylation sites (N-methyl/N-ethyl adjacent to an activating group) is 1. The van der Waals surface area contributed by atoms with Crippen molar-refractivity contribution in [2.24, 2.45) is 0 Å². The van der Waals surface area contributed by atoms with Gasteiger partial charge in [-0.05, 0) is 51.6 Å². The maximum Gasteiger partial charge on any atom is 0.420 e. The Morgan fingerprint density at radius 1 is 1.04 bits per heavy atom. The van der Waals surface area contributed by atoms with Crippen LogP contribution in [0.1, 0.15) is 33.3 Å². The van der Waals surface area contributed by atoms with Crippen LogP contribution in [0.5, 0.6) is 11.5 Å². The van der Waals surface area contributed by atoms with Gasteiger partial charge >= 0.3 is 12.1 Å². The molecule has 5 rings (SSSR count). The molecule has 0 saturated carbocycles. The van der Waals surface area contributed by atoms with Crippen LogP contribution in [0.25, 0.3) is 0 Å². The Bertz CT molecular complexity index is 1810. The predicted molar refractivity (Wildman–Crippen MR) is 202 cm³/mol. The van der Waals surface area contributed by atoms with Crippen LogP contribution in [-0.2, 0) is 16.1 Å². The highest BCUT2D eigenvalue weighted by Crippen LogP contribution is 2.48. The number of piperazine rings is 1. The number of hydrogen-bond donors (Lipinski definition) is 1. The molecule has 13 nitrogen and oxygen atoms in total. The highest BCUT2D eigenvalue weighted by Gasteiger charge is 2.36. The van der Waals surface area contributed by atoms with Gasteiger partial charge in [-0.2, -0.15) is 0 Å². The van der Waals surface area contributed by atoms with Gasteiger partial charge in [0, 0.05) is 62.8 Å². The fourth-order valence-corrected chi connectivity index (χ4v) is 6.67. The number of halogens is 2. The Morgan fingerprint density at radius 2 is 1.69 bits per heavy atom. The predicted octanol–water partition coefficient (Wildman–Crippen LogP) is 7.32. The van der Waals surface area contributed by atoms with E-state index < -0.39 is 23.6 Å². The Morgan fingerprint density at radius 3 is 2.25 bits per heavy atom. The molecule has 1 aromatic heterocycles. The van der Waals surface area contributed by atoms with Crippen LogP contribution in [0.2, 0.25) is 10.0 Å². The minimum Gasteiger partial charge on any atom is -0.495 e. The quantitative estimate of drug-likeness (QED) is 0.225. The number of urea groups is 1. The molecule has 15 heteroatoms. The topological polar surface area (TPSA) is 120 Å². The van der Waals surface area contributed by atoms with Crippen molar-refractivity contribution in [3.63, 3.8) is 0 Å². The number of ether oxygens (including phenoxy) is 3. The molecule has 1 fully saturated rings. The number of aromatic nitrogens is 1. The zero-order valence-electron chi connectivity index (χ0n) is 29.9. The molecule has 3 heterocycles. The molecule has 4 amide bonds. The van der Waals surface area contributed by atoms with Gasteiger partial charge in [-0.1, -0.05) is 36.7 Å². The first-order valence-corrected chi connectivity index (χ1v) is 17.2. The molecule has 1 saturated heterocycles. The van der Waals surface area contributed by atoms with Crippen molar-refractivity contribution in [1.29, 1.82) is 0 Å². The van der Waals surface area contributed by atoms with Gasteiger partial charge in [0.25, 0.3) is 0 Å². The number of fused-ring (bicyclic) bond motifs is 1. The number of anilines is 6. The Kier molecular flexibility index (Phi) is 11.2. The third kappa shape index (κ3) is 7.80. The van der Waals surface area contributed by atoms with Crippen LogP contribution in [0.3, 0.4) is 0 Å². The summed E-state index contributed by atoms with van der Waals surface area (Å²) >= 11 is 13.4. The monoisotopic (exact) mass is 739 g/mol. The van der Waals surface area contributed by atoms with Crippen molar-refractivity contribution in [1.82, 2.24) is 9.88 Å². The molecular weight excluding hydrogens is 697 g/mol. The lowest BCUT2D eigenvalue weighted by Gasteiger charge is -2.37. The van der Waals surface area contributed by atoms with Gasteiger partial charge < -0.3 is 29.3 Å². The number of carbonyl (C=O) groups excluding carboxylic acids is 3. The molecule has 2 aliphatic heterocycles. The molecular formula is C36H43Cl2N7O6. The number of hydrogen-bond acceptors (Lipinski definition) is 9. The summed E-state index contributed by atoms with van der Waals surface area (Å²) in [6, 6.07) is 8.21. The van der Waals surface area contributed by atoms with Crippen LogP contribution >= 0.6 is 23.2 Å². The Hall–Kier alpha value is -4.72. The maximum absolute atomic E-state index is 14.0. The lowest BCUT2D eigenvalue weighted by Crippen LogP contribution is -2.46. The number of pyridine rings is 1. The summed E-state index contributed by atoms with van der Waals surface area (Å²) in [6.45, 7) is 15.5. The van der Waals surface area contributed by atoms with E-state index in [9.17, 15) is 14.4 Å². The van der Waals surface area contributed by atoms with E-state index in [0.29, 0.717) is 22.6 Å². The lowest BCUT2D eigenvalue weighted by molar-refractivity contribution is -0.111. The largest absolute Gasteiger partial charge is 0.495 e. The first kappa shape index (κ1) is 37.5. The number of nitrogens with zero attached hydrogens (tertiary/aromatic N) is 6. The van der Waals surface area contributed by atoms with Gasteiger partial charge in [-0.3, -0.25) is 14.6 Å². The minimum atomic E-state index is -0.865. The molecule has 2 aromatic carbocycles. The van der Waals surface area contributed by atoms with Crippen LogP contribution in [0.4, 0.5) is 43.8 Å². The van der Waals surface area contributed by atoms with Crippen molar-refractivity contribution >= 4 is 75.5 Å². The van der Waals surface area contributed by atoms with Gasteiger partial charge in [0.05, 0.1) is 43.5 Å². The van der Waals surface area contributed by atoms with Gasteiger partial charge in [0.1, 0.15) is 33.0 Å². The lowest BCUT2D eigenvalue weighted by atomic mass is 10.1. The summed E-state index contributed by atoms with van der Waals surface area (Å²) in [5, 5.41) is 3.15. The van der Waals surface area contributed by atoms with E-state index in [-0.39, 0.29) is 39.6 Å². The zero-order chi connectivity index (χ0) is 37.2. The van der Waals surface area contributed by atoms with E-state index in [1.807, 2.05) is 12.1 Å². The van der Waals surface area contributed by atoms with Crippen LogP contribution < -0.4 is 34.4 Å². The fourth-order valence-electron chi connectivity index (χ4n) is 5.97. The second-order valence-electron chi connectivity index (χ2n) is 13.0. The molecule has 272 valence electrons. The highest BCUT2D eigenvalue weighted by molar-refractivity contribution is 6.42. The van der Waals surface area contributed by atoms with Crippen molar-refractivity contribution in [3.8, 4) is 11.5 Å². The van der Waals surface area contributed by atoms with Gasteiger partial charge in [0.15, 0.2) is 0 Å². The Balaban J connectivity index is 1.60. The van der Waals surface area contributed by atoms with E-state index in [2.05, 4.69) is 33.6 Å². The summed E-state index contributed by atoms with van der Waals surface area (Å²) in [4.78, 5) is 54.1. The first-order chi connectivity index (χ1) is 24.2. The number of nitrogens with one attached hydrogen (secondary N) is 1.